The average Bonchev–Trinajstić information content (AvgIpc) is 2.54. The van der Waals surface area contributed by atoms with Crippen LogP contribution in [-0.4, -0.2) is 44.9 Å². The SMILES string of the molecule is COC(=O)c1ccc(F)cc1S(=O)(=O)N1CCCCC1CN.Cl. The summed E-state index contributed by atoms with van der Waals surface area (Å²) >= 11 is 0. The minimum Gasteiger partial charge on any atom is -0.465 e. The van der Waals surface area contributed by atoms with Gasteiger partial charge >= 0.3 is 5.97 Å². The van der Waals surface area contributed by atoms with Crippen molar-refractivity contribution < 1.29 is 22.3 Å². The number of hydrogen-bond donors (Lipinski definition) is 1. The van der Waals surface area contributed by atoms with Gasteiger partial charge in [0.25, 0.3) is 0 Å². The van der Waals surface area contributed by atoms with Crippen molar-refractivity contribution in [1.29, 1.82) is 0 Å². The first-order valence-corrected chi connectivity index (χ1v) is 8.45. The predicted octanol–water partition coefficient (Wildman–Crippen LogP) is 1.54. The van der Waals surface area contributed by atoms with Gasteiger partial charge in [0, 0.05) is 19.1 Å². The molecule has 1 aromatic carbocycles. The number of piperidine rings is 1. The van der Waals surface area contributed by atoms with E-state index in [0.29, 0.717) is 19.4 Å². The van der Waals surface area contributed by atoms with Gasteiger partial charge in [-0.1, -0.05) is 6.42 Å². The second-order valence-electron chi connectivity index (χ2n) is 5.13. The number of esters is 1. The quantitative estimate of drug-likeness (QED) is 0.816. The first-order valence-electron chi connectivity index (χ1n) is 7.01. The number of nitrogens with zero attached hydrogens (tertiary/aromatic N) is 1. The van der Waals surface area contributed by atoms with Crippen LogP contribution in [0, 0.1) is 5.82 Å². The third-order valence-electron chi connectivity index (χ3n) is 3.78. The van der Waals surface area contributed by atoms with Crippen molar-refractivity contribution in [2.45, 2.75) is 30.2 Å². The molecule has 23 heavy (non-hydrogen) atoms. The molecule has 1 fully saturated rings. The number of halogens is 2. The molecule has 1 unspecified atom stereocenters. The maximum atomic E-state index is 13.5. The Labute approximate surface area is 141 Å². The second kappa shape index (κ2) is 8.05. The van der Waals surface area contributed by atoms with Gasteiger partial charge in [-0.15, -0.1) is 12.4 Å². The smallest absolute Gasteiger partial charge is 0.339 e. The Hall–Kier alpha value is -1.22. The van der Waals surface area contributed by atoms with Gasteiger partial charge in [-0.2, -0.15) is 4.31 Å². The molecule has 130 valence electrons. The van der Waals surface area contributed by atoms with Crippen LogP contribution in [0.15, 0.2) is 23.1 Å². The Kier molecular flexibility index (Phi) is 6.94. The highest BCUT2D eigenvalue weighted by Gasteiger charge is 2.35. The lowest BCUT2D eigenvalue weighted by molar-refractivity contribution is 0.0596. The number of benzene rings is 1. The summed E-state index contributed by atoms with van der Waals surface area (Å²) < 4.78 is 45.1. The Balaban J connectivity index is 0.00000264. The molecule has 9 heteroatoms. The molecular formula is C14H20ClFN2O4S. The van der Waals surface area contributed by atoms with Gasteiger partial charge in [-0.05, 0) is 31.0 Å². The van der Waals surface area contributed by atoms with E-state index in [2.05, 4.69) is 4.74 Å². The van der Waals surface area contributed by atoms with Gasteiger partial charge in [0.2, 0.25) is 10.0 Å². The largest absolute Gasteiger partial charge is 0.465 e. The van der Waals surface area contributed by atoms with Crippen LogP contribution in [0.2, 0.25) is 0 Å². The Morgan fingerprint density at radius 2 is 2.13 bits per heavy atom. The molecule has 0 aromatic heterocycles. The Morgan fingerprint density at radius 3 is 2.74 bits per heavy atom. The first-order chi connectivity index (χ1) is 10.4. The second-order valence-corrected chi connectivity index (χ2v) is 6.99. The van der Waals surface area contributed by atoms with E-state index < -0.39 is 21.8 Å². The normalized spacial score (nSPS) is 19.0. The van der Waals surface area contributed by atoms with E-state index in [1.54, 1.807) is 0 Å². The summed E-state index contributed by atoms with van der Waals surface area (Å²) in [6.07, 6.45) is 2.25. The van der Waals surface area contributed by atoms with E-state index in [4.69, 9.17) is 5.73 Å². The van der Waals surface area contributed by atoms with Crippen molar-refractivity contribution in [3.05, 3.63) is 29.6 Å². The Morgan fingerprint density at radius 1 is 1.43 bits per heavy atom. The zero-order chi connectivity index (χ0) is 16.3. The van der Waals surface area contributed by atoms with Gasteiger partial charge in [-0.25, -0.2) is 17.6 Å². The van der Waals surface area contributed by atoms with Crippen LogP contribution in [-0.2, 0) is 14.8 Å². The third kappa shape index (κ3) is 4.00. The highest BCUT2D eigenvalue weighted by Crippen LogP contribution is 2.28. The number of nitrogens with two attached hydrogens (primary N) is 1. The zero-order valence-electron chi connectivity index (χ0n) is 12.7. The van der Waals surface area contributed by atoms with Crippen molar-refractivity contribution in [3.63, 3.8) is 0 Å². The predicted molar refractivity (Wildman–Crippen MR) is 85.6 cm³/mol. The first kappa shape index (κ1) is 19.8. The molecule has 1 saturated heterocycles. The molecule has 0 aliphatic carbocycles. The van der Waals surface area contributed by atoms with Crippen molar-refractivity contribution in [2.24, 2.45) is 5.73 Å². The molecule has 1 aliphatic rings. The summed E-state index contributed by atoms with van der Waals surface area (Å²) in [6, 6.07) is 2.66. The summed E-state index contributed by atoms with van der Waals surface area (Å²) in [5, 5.41) is 0. The Bertz CT molecular complexity index is 669. The molecule has 1 aromatic rings. The minimum absolute atomic E-state index is 0. The maximum Gasteiger partial charge on any atom is 0.339 e. The van der Waals surface area contributed by atoms with Crippen LogP contribution in [0.3, 0.4) is 0 Å². The minimum atomic E-state index is -4.02. The number of carbonyl (C=O) groups is 1. The van der Waals surface area contributed by atoms with Crippen molar-refractivity contribution in [3.8, 4) is 0 Å². The fourth-order valence-corrected chi connectivity index (χ4v) is 4.54. The van der Waals surface area contributed by atoms with Gasteiger partial charge in [0.15, 0.2) is 0 Å². The van der Waals surface area contributed by atoms with E-state index in [1.165, 1.54) is 4.31 Å². The van der Waals surface area contributed by atoms with Gasteiger partial charge in [0.05, 0.1) is 17.6 Å². The zero-order valence-corrected chi connectivity index (χ0v) is 14.3. The molecule has 6 nitrogen and oxygen atoms in total. The highest BCUT2D eigenvalue weighted by molar-refractivity contribution is 7.89. The molecule has 2 N–H and O–H groups in total. The fourth-order valence-electron chi connectivity index (χ4n) is 2.64. The third-order valence-corrected chi connectivity index (χ3v) is 5.77. The van der Waals surface area contributed by atoms with E-state index in [-0.39, 0.29) is 35.5 Å². The lowest BCUT2D eigenvalue weighted by Gasteiger charge is -2.34. The molecule has 0 spiro atoms. The molecule has 1 atom stereocenters. The number of hydrogen-bond acceptors (Lipinski definition) is 5. The molecule has 0 amide bonds. The number of sulfonamides is 1. The summed E-state index contributed by atoms with van der Waals surface area (Å²) in [6.45, 7) is 0.490. The van der Waals surface area contributed by atoms with Crippen LogP contribution < -0.4 is 5.73 Å². The number of ether oxygens (including phenoxy) is 1. The van der Waals surface area contributed by atoms with E-state index in [1.807, 2.05) is 0 Å². The molecule has 2 rings (SSSR count). The van der Waals surface area contributed by atoms with E-state index in [9.17, 15) is 17.6 Å². The fraction of sp³-hybridized carbons (Fsp3) is 0.500. The van der Waals surface area contributed by atoms with Crippen LogP contribution in [0.1, 0.15) is 29.6 Å². The summed E-state index contributed by atoms with van der Waals surface area (Å²) in [7, 11) is -2.87. The van der Waals surface area contributed by atoms with Crippen molar-refractivity contribution in [2.75, 3.05) is 20.2 Å². The monoisotopic (exact) mass is 366 g/mol. The standard InChI is InChI=1S/C14H19FN2O4S.ClH/c1-21-14(18)12-6-5-10(15)8-13(12)22(19,20)17-7-3-2-4-11(17)9-16;/h5-6,8,11H,2-4,7,9,16H2,1H3;1H. The molecule has 1 aliphatic heterocycles. The lowest BCUT2D eigenvalue weighted by atomic mass is 10.1. The summed E-state index contributed by atoms with van der Waals surface area (Å²) in [5.74, 6) is -1.55. The maximum absolute atomic E-state index is 13.5. The molecule has 1 heterocycles. The number of rotatable bonds is 4. The van der Waals surface area contributed by atoms with Gasteiger partial charge in [0.1, 0.15) is 5.82 Å². The highest BCUT2D eigenvalue weighted by atomic mass is 35.5. The van der Waals surface area contributed by atoms with Crippen LogP contribution in [0.25, 0.3) is 0 Å². The van der Waals surface area contributed by atoms with Gasteiger partial charge in [-0.3, -0.25) is 0 Å². The number of carbonyl (C=O) groups excluding carboxylic acids is 1. The van der Waals surface area contributed by atoms with Crippen LogP contribution in [0.5, 0.6) is 0 Å². The van der Waals surface area contributed by atoms with Crippen LogP contribution >= 0.6 is 12.4 Å². The summed E-state index contributed by atoms with van der Waals surface area (Å²) in [4.78, 5) is 11.4. The van der Waals surface area contributed by atoms with E-state index in [0.717, 1.165) is 31.7 Å². The van der Waals surface area contributed by atoms with Crippen LogP contribution in [0.4, 0.5) is 4.39 Å². The van der Waals surface area contributed by atoms with Crippen molar-refractivity contribution in [1.82, 2.24) is 4.31 Å². The number of methoxy groups -OCH3 is 1. The summed E-state index contributed by atoms with van der Waals surface area (Å²) in [5.41, 5.74) is 5.47. The molecular weight excluding hydrogens is 347 g/mol. The van der Waals surface area contributed by atoms with Gasteiger partial charge < -0.3 is 10.5 Å². The molecule has 0 saturated carbocycles. The average molecular weight is 367 g/mol. The molecule has 0 radical (unpaired) electrons. The lowest BCUT2D eigenvalue weighted by Crippen LogP contribution is -2.47. The van der Waals surface area contributed by atoms with Crippen molar-refractivity contribution >= 4 is 28.4 Å². The van der Waals surface area contributed by atoms with E-state index >= 15 is 0 Å². The molecule has 0 bridgehead atoms. The topological polar surface area (TPSA) is 89.7 Å².